The maximum absolute atomic E-state index is 11.7. The minimum atomic E-state index is -0.522. The van der Waals surface area contributed by atoms with Crippen LogP contribution in [0, 0.1) is 0 Å². The van der Waals surface area contributed by atoms with Crippen LogP contribution in [0.2, 0.25) is 0 Å². The number of carbonyl (C=O) groups is 2. The van der Waals surface area contributed by atoms with Gasteiger partial charge in [-0.25, -0.2) is 4.79 Å². The number of hydrogen-bond acceptors (Lipinski definition) is 4. The minimum absolute atomic E-state index is 0.203. The summed E-state index contributed by atoms with van der Waals surface area (Å²) >= 11 is 0. The van der Waals surface area contributed by atoms with E-state index in [0.29, 0.717) is 17.7 Å². The molecule has 0 radical (unpaired) electrons. The van der Waals surface area contributed by atoms with Crippen LogP contribution in [-0.4, -0.2) is 29.7 Å². The van der Waals surface area contributed by atoms with Gasteiger partial charge in [-0.2, -0.15) is 0 Å². The highest BCUT2D eigenvalue weighted by Gasteiger charge is 2.13. The number of rotatable bonds is 6. The summed E-state index contributed by atoms with van der Waals surface area (Å²) in [4.78, 5) is 23.4. The van der Waals surface area contributed by atoms with Gasteiger partial charge >= 0.3 is 5.97 Å². The van der Waals surface area contributed by atoms with E-state index in [4.69, 9.17) is 9.84 Å². The Morgan fingerprint density at radius 1 is 1.37 bits per heavy atom. The normalized spacial score (nSPS) is 11.7. The molecular formula is C14H19NO4. The van der Waals surface area contributed by atoms with Crippen molar-refractivity contribution in [2.75, 3.05) is 11.9 Å². The van der Waals surface area contributed by atoms with Gasteiger partial charge in [0.15, 0.2) is 0 Å². The van der Waals surface area contributed by atoms with Crippen LogP contribution in [0.1, 0.15) is 37.0 Å². The summed E-state index contributed by atoms with van der Waals surface area (Å²) in [6, 6.07) is 6.68. The Labute approximate surface area is 112 Å². The van der Waals surface area contributed by atoms with E-state index in [0.717, 1.165) is 0 Å². The fraction of sp³-hybridized carbons (Fsp3) is 0.429. The van der Waals surface area contributed by atoms with Crippen molar-refractivity contribution in [3.63, 3.8) is 0 Å². The van der Waals surface area contributed by atoms with Crippen LogP contribution in [0.3, 0.4) is 0 Å². The molecule has 0 heterocycles. The van der Waals surface area contributed by atoms with Gasteiger partial charge in [0, 0.05) is 6.42 Å². The number of aliphatic hydroxyl groups is 1. The summed E-state index contributed by atoms with van der Waals surface area (Å²) in [6.07, 6.45) is 0.0634. The molecule has 0 aromatic heterocycles. The Balaban J connectivity index is 2.72. The van der Waals surface area contributed by atoms with E-state index >= 15 is 0 Å². The standard InChI is InChI=1S/C14H19NO4/c1-3-19-14(18)11-6-4-5-7-12(11)15-13(17)9-8-10(2)16/h4-7,10,16H,3,8-9H2,1-2H3,(H,15,17). The van der Waals surface area contributed by atoms with Crippen LogP contribution in [0.5, 0.6) is 0 Å². The van der Waals surface area contributed by atoms with Gasteiger partial charge in [0.2, 0.25) is 5.91 Å². The molecule has 2 N–H and O–H groups in total. The number of esters is 1. The molecule has 0 fully saturated rings. The third kappa shape index (κ3) is 5.09. The zero-order valence-corrected chi connectivity index (χ0v) is 11.2. The van der Waals surface area contributed by atoms with Crippen LogP contribution < -0.4 is 5.32 Å². The maximum Gasteiger partial charge on any atom is 0.340 e. The topological polar surface area (TPSA) is 75.6 Å². The maximum atomic E-state index is 11.7. The molecule has 0 aliphatic carbocycles. The number of benzene rings is 1. The fourth-order valence-corrected chi connectivity index (χ4v) is 1.53. The Morgan fingerprint density at radius 2 is 2.05 bits per heavy atom. The number of hydrogen-bond donors (Lipinski definition) is 2. The summed E-state index contributed by atoms with van der Waals surface area (Å²) in [5.41, 5.74) is 0.756. The van der Waals surface area contributed by atoms with Crippen molar-refractivity contribution in [2.45, 2.75) is 32.8 Å². The van der Waals surface area contributed by atoms with Crippen LogP contribution >= 0.6 is 0 Å². The SMILES string of the molecule is CCOC(=O)c1ccccc1NC(=O)CCC(C)O. The Bertz CT molecular complexity index is 443. The van der Waals surface area contributed by atoms with Crippen LogP contribution in [0.25, 0.3) is 0 Å². The molecule has 0 saturated carbocycles. The summed E-state index contributed by atoms with van der Waals surface area (Å²) < 4.78 is 4.92. The van der Waals surface area contributed by atoms with Crippen molar-refractivity contribution in [2.24, 2.45) is 0 Å². The van der Waals surface area contributed by atoms with Gasteiger partial charge in [0.1, 0.15) is 0 Å². The molecule has 104 valence electrons. The largest absolute Gasteiger partial charge is 0.462 e. The molecule has 1 aromatic rings. The fourth-order valence-electron chi connectivity index (χ4n) is 1.53. The molecule has 19 heavy (non-hydrogen) atoms. The van der Waals surface area contributed by atoms with Crippen molar-refractivity contribution < 1.29 is 19.4 Å². The molecule has 1 rings (SSSR count). The highest BCUT2D eigenvalue weighted by molar-refractivity contribution is 6.01. The van der Waals surface area contributed by atoms with Crippen molar-refractivity contribution >= 4 is 17.6 Å². The second kappa shape index (κ2) is 7.53. The molecular weight excluding hydrogens is 246 g/mol. The first kappa shape index (κ1) is 15.2. The number of carbonyl (C=O) groups excluding carboxylic acids is 2. The molecule has 5 nitrogen and oxygen atoms in total. The Kier molecular flexibility index (Phi) is 6.02. The van der Waals surface area contributed by atoms with E-state index in [2.05, 4.69) is 5.32 Å². The van der Waals surface area contributed by atoms with E-state index in [1.165, 1.54) is 0 Å². The minimum Gasteiger partial charge on any atom is -0.462 e. The first-order chi connectivity index (χ1) is 9.04. The predicted octanol–water partition coefficient (Wildman–Crippen LogP) is 1.96. The van der Waals surface area contributed by atoms with E-state index in [1.54, 1.807) is 38.1 Å². The molecule has 0 aliphatic heterocycles. The Hall–Kier alpha value is -1.88. The lowest BCUT2D eigenvalue weighted by Gasteiger charge is -2.10. The Morgan fingerprint density at radius 3 is 2.68 bits per heavy atom. The molecule has 1 unspecified atom stereocenters. The van der Waals surface area contributed by atoms with Crippen LogP contribution in [0.4, 0.5) is 5.69 Å². The van der Waals surface area contributed by atoms with E-state index in [9.17, 15) is 9.59 Å². The van der Waals surface area contributed by atoms with Crippen molar-refractivity contribution in [3.05, 3.63) is 29.8 Å². The molecule has 1 aromatic carbocycles. The first-order valence-corrected chi connectivity index (χ1v) is 6.28. The summed E-state index contributed by atoms with van der Waals surface area (Å²) in [5, 5.41) is 11.8. The van der Waals surface area contributed by atoms with Gasteiger partial charge < -0.3 is 15.2 Å². The summed E-state index contributed by atoms with van der Waals surface area (Å²) in [5.74, 6) is -0.702. The quantitative estimate of drug-likeness (QED) is 0.771. The number of anilines is 1. The second-order valence-electron chi connectivity index (χ2n) is 4.20. The van der Waals surface area contributed by atoms with Gasteiger partial charge in [-0.1, -0.05) is 12.1 Å². The first-order valence-electron chi connectivity index (χ1n) is 6.28. The molecule has 5 heteroatoms. The van der Waals surface area contributed by atoms with Gasteiger partial charge in [-0.3, -0.25) is 4.79 Å². The second-order valence-corrected chi connectivity index (χ2v) is 4.20. The van der Waals surface area contributed by atoms with Crippen LogP contribution in [0.15, 0.2) is 24.3 Å². The van der Waals surface area contributed by atoms with Crippen LogP contribution in [-0.2, 0) is 9.53 Å². The monoisotopic (exact) mass is 265 g/mol. The lowest BCUT2D eigenvalue weighted by molar-refractivity contribution is -0.116. The summed E-state index contributed by atoms with van der Waals surface area (Å²) in [6.45, 7) is 3.63. The van der Waals surface area contributed by atoms with Crippen molar-refractivity contribution in [3.8, 4) is 0 Å². The van der Waals surface area contributed by atoms with E-state index < -0.39 is 12.1 Å². The molecule has 1 atom stereocenters. The number of nitrogens with one attached hydrogen (secondary N) is 1. The van der Waals surface area contributed by atoms with E-state index in [1.807, 2.05) is 0 Å². The van der Waals surface area contributed by atoms with Crippen molar-refractivity contribution in [1.29, 1.82) is 0 Å². The third-order valence-electron chi connectivity index (χ3n) is 2.49. The van der Waals surface area contributed by atoms with E-state index in [-0.39, 0.29) is 18.9 Å². The zero-order chi connectivity index (χ0) is 14.3. The molecule has 0 aliphatic rings. The third-order valence-corrected chi connectivity index (χ3v) is 2.49. The average molecular weight is 265 g/mol. The molecule has 0 bridgehead atoms. The molecule has 0 spiro atoms. The number of amides is 1. The molecule has 0 saturated heterocycles. The van der Waals surface area contributed by atoms with Gasteiger partial charge in [0.05, 0.1) is 24.0 Å². The van der Waals surface area contributed by atoms with Gasteiger partial charge in [-0.15, -0.1) is 0 Å². The average Bonchev–Trinajstić information content (AvgIpc) is 2.37. The number of ether oxygens (including phenoxy) is 1. The highest BCUT2D eigenvalue weighted by atomic mass is 16.5. The number of aliphatic hydroxyl groups excluding tert-OH is 1. The number of para-hydroxylation sites is 1. The predicted molar refractivity (Wildman–Crippen MR) is 71.9 cm³/mol. The highest BCUT2D eigenvalue weighted by Crippen LogP contribution is 2.16. The van der Waals surface area contributed by atoms with Crippen molar-refractivity contribution in [1.82, 2.24) is 0 Å². The lowest BCUT2D eigenvalue weighted by atomic mass is 10.1. The smallest absolute Gasteiger partial charge is 0.340 e. The zero-order valence-electron chi connectivity index (χ0n) is 11.2. The lowest BCUT2D eigenvalue weighted by Crippen LogP contribution is -2.17. The van der Waals surface area contributed by atoms with Gasteiger partial charge in [0.25, 0.3) is 0 Å². The van der Waals surface area contributed by atoms with Gasteiger partial charge in [-0.05, 0) is 32.4 Å². The molecule has 1 amide bonds. The summed E-state index contributed by atoms with van der Waals surface area (Å²) in [7, 11) is 0.